The first-order valence-corrected chi connectivity index (χ1v) is 9.26. The zero-order chi connectivity index (χ0) is 18.0. The highest BCUT2D eigenvalue weighted by molar-refractivity contribution is 7.91. The normalized spacial score (nSPS) is 12.1. The number of sulfone groups is 1. The highest BCUT2D eigenvalue weighted by Crippen LogP contribution is 2.27. The Balaban J connectivity index is 1.90. The van der Waals surface area contributed by atoms with E-state index in [-0.39, 0.29) is 16.4 Å². The number of aromatic hydroxyl groups is 1. The van der Waals surface area contributed by atoms with E-state index in [4.69, 9.17) is 9.15 Å². The third-order valence-corrected chi connectivity index (χ3v) is 5.47. The lowest BCUT2D eigenvalue weighted by Crippen LogP contribution is -2.03. The van der Waals surface area contributed by atoms with Crippen molar-refractivity contribution in [3.05, 3.63) is 47.9 Å². The van der Waals surface area contributed by atoms with Crippen LogP contribution in [0.15, 0.2) is 45.7 Å². The first-order valence-electron chi connectivity index (χ1n) is 7.61. The standard InChI is InChI=1S/C18H17NO5S/c1-3-25(21,22)13-6-8-16-14(11-13)19-18(24-16)9-5-12-4-7-17(23-2)15(20)10-12/h4-11,20H,3H2,1-2H3/b9-5+. The minimum atomic E-state index is -3.29. The summed E-state index contributed by atoms with van der Waals surface area (Å²) < 4.78 is 34.5. The molecule has 1 heterocycles. The summed E-state index contributed by atoms with van der Waals surface area (Å²) in [6.07, 6.45) is 3.38. The van der Waals surface area contributed by atoms with Crippen molar-refractivity contribution in [3.63, 3.8) is 0 Å². The monoisotopic (exact) mass is 359 g/mol. The fraction of sp³-hybridized carbons (Fsp3) is 0.167. The maximum atomic E-state index is 11.9. The average Bonchev–Trinajstić information content (AvgIpc) is 3.02. The maximum Gasteiger partial charge on any atom is 0.220 e. The molecule has 0 spiro atoms. The van der Waals surface area contributed by atoms with E-state index in [0.717, 1.165) is 5.56 Å². The van der Waals surface area contributed by atoms with Gasteiger partial charge in [0.1, 0.15) is 5.52 Å². The van der Waals surface area contributed by atoms with Crippen LogP contribution in [0.3, 0.4) is 0 Å². The summed E-state index contributed by atoms with van der Waals surface area (Å²) in [5.41, 5.74) is 1.73. The second-order valence-corrected chi connectivity index (χ2v) is 7.63. The number of phenols is 1. The molecule has 0 saturated heterocycles. The Morgan fingerprint density at radius 3 is 2.68 bits per heavy atom. The minimum Gasteiger partial charge on any atom is -0.504 e. The lowest BCUT2D eigenvalue weighted by molar-refractivity contribution is 0.373. The van der Waals surface area contributed by atoms with Crippen molar-refractivity contribution >= 4 is 33.1 Å². The van der Waals surface area contributed by atoms with Crippen molar-refractivity contribution in [2.45, 2.75) is 11.8 Å². The molecule has 1 N–H and O–H groups in total. The minimum absolute atomic E-state index is 0.0318. The highest BCUT2D eigenvalue weighted by Gasteiger charge is 2.14. The Hall–Kier alpha value is -2.80. The molecular weight excluding hydrogens is 342 g/mol. The molecule has 0 fully saturated rings. The number of rotatable bonds is 5. The van der Waals surface area contributed by atoms with Gasteiger partial charge in [0, 0.05) is 6.08 Å². The lowest BCUT2D eigenvalue weighted by atomic mass is 10.2. The molecule has 0 saturated carbocycles. The van der Waals surface area contributed by atoms with E-state index in [1.165, 1.54) is 19.2 Å². The van der Waals surface area contributed by atoms with Crippen LogP contribution in [-0.2, 0) is 9.84 Å². The van der Waals surface area contributed by atoms with Crippen molar-refractivity contribution in [1.82, 2.24) is 4.98 Å². The number of hydrogen-bond donors (Lipinski definition) is 1. The van der Waals surface area contributed by atoms with E-state index >= 15 is 0 Å². The van der Waals surface area contributed by atoms with Crippen molar-refractivity contribution in [2.75, 3.05) is 12.9 Å². The molecule has 7 heteroatoms. The molecular formula is C18H17NO5S. The molecule has 3 aromatic rings. The van der Waals surface area contributed by atoms with Crippen molar-refractivity contribution in [3.8, 4) is 11.5 Å². The van der Waals surface area contributed by atoms with Crippen molar-refractivity contribution < 1.29 is 22.7 Å². The SMILES string of the molecule is CCS(=O)(=O)c1ccc2oc(/C=C/c3ccc(OC)c(O)c3)nc2c1. The zero-order valence-electron chi connectivity index (χ0n) is 13.8. The van der Waals surface area contributed by atoms with Gasteiger partial charge in [-0.25, -0.2) is 13.4 Å². The molecule has 1 aromatic heterocycles. The van der Waals surface area contributed by atoms with Crippen LogP contribution >= 0.6 is 0 Å². The molecule has 0 radical (unpaired) electrons. The molecule has 0 aliphatic heterocycles. The van der Waals surface area contributed by atoms with Crippen LogP contribution in [0.1, 0.15) is 18.4 Å². The molecule has 3 rings (SSSR count). The Morgan fingerprint density at radius 1 is 1.20 bits per heavy atom. The number of benzene rings is 2. The van der Waals surface area contributed by atoms with Gasteiger partial charge >= 0.3 is 0 Å². The number of oxazole rings is 1. The van der Waals surface area contributed by atoms with Gasteiger partial charge in [-0.1, -0.05) is 13.0 Å². The summed E-state index contributed by atoms with van der Waals surface area (Å²) >= 11 is 0. The number of ether oxygens (including phenoxy) is 1. The van der Waals surface area contributed by atoms with Gasteiger partial charge < -0.3 is 14.3 Å². The molecule has 0 aliphatic rings. The number of phenolic OH excluding ortho intramolecular Hbond substituents is 1. The highest BCUT2D eigenvalue weighted by atomic mass is 32.2. The van der Waals surface area contributed by atoms with Crippen LogP contribution in [0.25, 0.3) is 23.3 Å². The number of hydrogen-bond acceptors (Lipinski definition) is 6. The summed E-state index contributed by atoms with van der Waals surface area (Å²) in [4.78, 5) is 4.52. The summed E-state index contributed by atoms with van der Waals surface area (Å²) in [5.74, 6) is 0.807. The lowest BCUT2D eigenvalue weighted by Gasteiger charge is -2.02. The van der Waals surface area contributed by atoms with E-state index < -0.39 is 9.84 Å². The third kappa shape index (κ3) is 3.51. The fourth-order valence-electron chi connectivity index (χ4n) is 2.33. The molecule has 0 bridgehead atoms. The summed E-state index contributed by atoms with van der Waals surface area (Å²) in [5, 5.41) is 9.78. The first kappa shape index (κ1) is 17.0. The van der Waals surface area contributed by atoms with E-state index in [9.17, 15) is 13.5 Å². The maximum absolute atomic E-state index is 11.9. The predicted octanol–water partition coefficient (Wildman–Crippen LogP) is 3.51. The number of aromatic nitrogens is 1. The molecule has 0 aliphatic carbocycles. The molecule has 25 heavy (non-hydrogen) atoms. The molecule has 0 amide bonds. The van der Waals surface area contributed by atoms with E-state index in [1.54, 1.807) is 43.3 Å². The third-order valence-electron chi connectivity index (χ3n) is 3.74. The summed E-state index contributed by atoms with van der Waals surface area (Å²) in [6, 6.07) is 9.62. The Bertz CT molecular complexity index is 1050. The van der Waals surface area contributed by atoms with E-state index in [0.29, 0.717) is 22.7 Å². The van der Waals surface area contributed by atoms with Gasteiger partial charge in [0.05, 0.1) is 17.8 Å². The second-order valence-electron chi connectivity index (χ2n) is 5.35. The molecule has 0 unspecified atom stereocenters. The van der Waals surface area contributed by atoms with Gasteiger partial charge in [0.2, 0.25) is 5.89 Å². The predicted molar refractivity (Wildman–Crippen MR) is 95.3 cm³/mol. The molecule has 6 nitrogen and oxygen atoms in total. The van der Waals surface area contributed by atoms with Crippen LogP contribution in [-0.4, -0.2) is 31.4 Å². The zero-order valence-corrected chi connectivity index (χ0v) is 14.6. The van der Waals surface area contributed by atoms with Gasteiger partial charge in [-0.05, 0) is 42.0 Å². The van der Waals surface area contributed by atoms with Crippen LogP contribution in [0.5, 0.6) is 11.5 Å². The topological polar surface area (TPSA) is 89.6 Å². The smallest absolute Gasteiger partial charge is 0.220 e. The number of nitrogens with zero attached hydrogens (tertiary/aromatic N) is 1. The average molecular weight is 359 g/mol. The van der Waals surface area contributed by atoms with Crippen LogP contribution in [0.4, 0.5) is 0 Å². The summed E-state index contributed by atoms with van der Waals surface area (Å²) in [7, 11) is -1.80. The molecule has 0 atom stereocenters. The van der Waals surface area contributed by atoms with Gasteiger partial charge in [-0.3, -0.25) is 0 Å². The van der Waals surface area contributed by atoms with Gasteiger partial charge in [0.15, 0.2) is 26.9 Å². The van der Waals surface area contributed by atoms with E-state index in [2.05, 4.69) is 4.98 Å². The van der Waals surface area contributed by atoms with Gasteiger partial charge in [0.25, 0.3) is 0 Å². The largest absolute Gasteiger partial charge is 0.504 e. The van der Waals surface area contributed by atoms with Crippen molar-refractivity contribution in [1.29, 1.82) is 0 Å². The second kappa shape index (κ2) is 6.60. The number of fused-ring (bicyclic) bond motifs is 1. The Kier molecular flexibility index (Phi) is 4.50. The quantitative estimate of drug-likeness (QED) is 0.750. The van der Waals surface area contributed by atoms with Gasteiger partial charge in [-0.15, -0.1) is 0 Å². The molecule has 2 aromatic carbocycles. The Labute approximate surface area is 145 Å². The molecule has 130 valence electrons. The van der Waals surface area contributed by atoms with E-state index in [1.807, 2.05) is 0 Å². The van der Waals surface area contributed by atoms with Gasteiger partial charge in [-0.2, -0.15) is 0 Å². The first-order chi connectivity index (χ1) is 11.9. The fourth-order valence-corrected chi connectivity index (χ4v) is 3.23. The van der Waals surface area contributed by atoms with Crippen molar-refractivity contribution in [2.24, 2.45) is 0 Å². The Morgan fingerprint density at radius 2 is 2.00 bits per heavy atom. The number of methoxy groups -OCH3 is 1. The van der Waals surface area contributed by atoms with Crippen LogP contribution in [0.2, 0.25) is 0 Å². The summed E-state index contributed by atoms with van der Waals surface area (Å²) in [6.45, 7) is 1.60. The van der Waals surface area contributed by atoms with Crippen LogP contribution in [0, 0.1) is 0 Å². The van der Waals surface area contributed by atoms with Crippen LogP contribution < -0.4 is 4.74 Å².